The molecule has 1 aromatic rings. The quantitative estimate of drug-likeness (QED) is 0.899. The number of aliphatic carboxylic acids is 1. The molecule has 2 rings (SSSR count). The number of carbonyl (C=O) groups is 1. The third-order valence-electron chi connectivity index (χ3n) is 3.49. The van der Waals surface area contributed by atoms with Crippen molar-refractivity contribution in [2.45, 2.75) is 33.1 Å². The monoisotopic (exact) mass is 263 g/mol. The van der Waals surface area contributed by atoms with E-state index in [1.165, 1.54) is 0 Å². The van der Waals surface area contributed by atoms with Gasteiger partial charge in [0.1, 0.15) is 0 Å². The van der Waals surface area contributed by atoms with E-state index in [2.05, 4.69) is 28.9 Å². The van der Waals surface area contributed by atoms with E-state index in [4.69, 9.17) is 5.11 Å². The third kappa shape index (κ3) is 3.66. The first-order valence-corrected chi connectivity index (χ1v) is 6.86. The molecule has 2 heterocycles. The molecule has 5 nitrogen and oxygen atoms in total. The maximum atomic E-state index is 10.9. The Morgan fingerprint density at radius 2 is 2.05 bits per heavy atom. The Bertz CT molecular complexity index is 423. The topological polar surface area (TPSA) is 66.3 Å². The average Bonchev–Trinajstić information content (AvgIpc) is 2.39. The lowest BCUT2D eigenvalue weighted by Gasteiger charge is -2.30. The van der Waals surface area contributed by atoms with E-state index >= 15 is 0 Å². The van der Waals surface area contributed by atoms with Crippen LogP contribution in [-0.4, -0.2) is 34.4 Å². The summed E-state index contributed by atoms with van der Waals surface area (Å²) in [5, 5.41) is 17.5. The van der Waals surface area contributed by atoms with Crippen LogP contribution in [0.4, 0.5) is 5.82 Å². The number of nitrogens with zero attached hydrogens (tertiary/aromatic N) is 3. The Morgan fingerprint density at radius 3 is 2.53 bits per heavy atom. The molecule has 0 radical (unpaired) electrons. The summed E-state index contributed by atoms with van der Waals surface area (Å²) >= 11 is 0. The van der Waals surface area contributed by atoms with Crippen LogP contribution in [0.5, 0.6) is 0 Å². The van der Waals surface area contributed by atoms with Gasteiger partial charge in [-0.25, -0.2) is 0 Å². The summed E-state index contributed by atoms with van der Waals surface area (Å²) in [6.45, 7) is 5.81. The van der Waals surface area contributed by atoms with Crippen LogP contribution in [0.25, 0.3) is 0 Å². The van der Waals surface area contributed by atoms with Crippen molar-refractivity contribution in [1.29, 1.82) is 0 Å². The van der Waals surface area contributed by atoms with Gasteiger partial charge in [-0.05, 0) is 37.3 Å². The summed E-state index contributed by atoms with van der Waals surface area (Å²) in [4.78, 5) is 13.0. The van der Waals surface area contributed by atoms with Gasteiger partial charge in [-0.3, -0.25) is 4.79 Å². The first-order chi connectivity index (χ1) is 9.06. The summed E-state index contributed by atoms with van der Waals surface area (Å²) < 4.78 is 0. The number of aromatic nitrogens is 2. The van der Waals surface area contributed by atoms with E-state index in [0.29, 0.717) is 18.8 Å². The van der Waals surface area contributed by atoms with Gasteiger partial charge in [0.05, 0.1) is 11.6 Å². The molecule has 0 aromatic carbocycles. The van der Waals surface area contributed by atoms with Gasteiger partial charge >= 0.3 is 5.97 Å². The van der Waals surface area contributed by atoms with Crippen LogP contribution in [0.2, 0.25) is 0 Å². The van der Waals surface area contributed by atoms with Crippen molar-refractivity contribution in [2.24, 2.45) is 11.8 Å². The van der Waals surface area contributed by atoms with Crippen molar-refractivity contribution in [3.8, 4) is 0 Å². The van der Waals surface area contributed by atoms with E-state index in [1.54, 1.807) is 0 Å². The number of carboxylic acid groups (broad SMARTS) is 1. The second-order valence-corrected chi connectivity index (χ2v) is 5.58. The minimum Gasteiger partial charge on any atom is -0.481 e. The molecule has 104 valence electrons. The Balaban J connectivity index is 1.94. The van der Waals surface area contributed by atoms with Crippen LogP contribution >= 0.6 is 0 Å². The zero-order valence-electron chi connectivity index (χ0n) is 11.5. The van der Waals surface area contributed by atoms with E-state index in [9.17, 15) is 4.79 Å². The predicted molar refractivity (Wildman–Crippen MR) is 73.1 cm³/mol. The highest BCUT2D eigenvalue weighted by Gasteiger charge is 2.25. The molecule has 19 heavy (non-hydrogen) atoms. The Kier molecular flexibility index (Phi) is 4.35. The maximum absolute atomic E-state index is 10.9. The van der Waals surface area contributed by atoms with Crippen molar-refractivity contribution in [1.82, 2.24) is 10.2 Å². The largest absolute Gasteiger partial charge is 0.481 e. The van der Waals surface area contributed by atoms with Crippen LogP contribution in [0.3, 0.4) is 0 Å². The van der Waals surface area contributed by atoms with Crippen molar-refractivity contribution in [2.75, 3.05) is 18.0 Å². The minimum atomic E-state index is -0.682. The van der Waals surface area contributed by atoms with Gasteiger partial charge in [0, 0.05) is 13.1 Å². The van der Waals surface area contributed by atoms with Gasteiger partial charge < -0.3 is 10.0 Å². The van der Waals surface area contributed by atoms with Crippen molar-refractivity contribution in [3.63, 3.8) is 0 Å². The van der Waals surface area contributed by atoms with Gasteiger partial charge in [-0.2, -0.15) is 5.10 Å². The van der Waals surface area contributed by atoms with Crippen molar-refractivity contribution < 1.29 is 9.90 Å². The Labute approximate surface area is 113 Å². The predicted octanol–water partition coefficient (Wildman–Crippen LogP) is 1.98. The third-order valence-corrected chi connectivity index (χ3v) is 3.49. The van der Waals surface area contributed by atoms with Gasteiger partial charge in [-0.1, -0.05) is 13.8 Å². The second kappa shape index (κ2) is 5.99. The number of hydrogen-bond acceptors (Lipinski definition) is 4. The molecule has 0 atom stereocenters. The highest BCUT2D eigenvalue weighted by molar-refractivity contribution is 5.70. The standard InChI is InChI=1S/C14H21N3O2/c1-10(2)9-12-3-4-13(16-15-12)17-7-5-11(6-8-17)14(18)19/h3-4,10-11H,5-9H2,1-2H3,(H,18,19). The van der Waals surface area contributed by atoms with Crippen LogP contribution in [0.1, 0.15) is 32.4 Å². The molecule has 0 unspecified atom stereocenters. The molecule has 1 aromatic heterocycles. The average molecular weight is 263 g/mol. The summed E-state index contributed by atoms with van der Waals surface area (Å²) in [5.41, 5.74) is 1.01. The van der Waals surface area contributed by atoms with E-state index in [-0.39, 0.29) is 5.92 Å². The maximum Gasteiger partial charge on any atom is 0.306 e. The van der Waals surface area contributed by atoms with Crippen LogP contribution in [0, 0.1) is 11.8 Å². The summed E-state index contributed by atoms with van der Waals surface area (Å²) in [5.74, 6) is 0.547. The Morgan fingerprint density at radius 1 is 1.37 bits per heavy atom. The highest BCUT2D eigenvalue weighted by Crippen LogP contribution is 2.21. The molecule has 5 heteroatoms. The van der Waals surface area contributed by atoms with E-state index in [0.717, 1.165) is 31.0 Å². The molecule has 1 aliphatic heterocycles. The summed E-state index contributed by atoms with van der Waals surface area (Å²) in [6.07, 6.45) is 2.31. The molecule has 1 aliphatic rings. The summed E-state index contributed by atoms with van der Waals surface area (Å²) in [7, 11) is 0. The molecule has 0 spiro atoms. The van der Waals surface area contributed by atoms with Crippen LogP contribution in [0.15, 0.2) is 12.1 Å². The number of hydrogen-bond donors (Lipinski definition) is 1. The van der Waals surface area contributed by atoms with Crippen molar-refractivity contribution >= 4 is 11.8 Å². The fourth-order valence-electron chi connectivity index (χ4n) is 2.40. The SMILES string of the molecule is CC(C)Cc1ccc(N2CCC(C(=O)O)CC2)nn1. The first-order valence-electron chi connectivity index (χ1n) is 6.86. The molecule has 0 amide bonds. The first kappa shape index (κ1) is 13.8. The fraction of sp³-hybridized carbons (Fsp3) is 0.643. The lowest BCUT2D eigenvalue weighted by atomic mass is 9.97. The van der Waals surface area contributed by atoms with E-state index in [1.807, 2.05) is 12.1 Å². The molecule has 1 fully saturated rings. The molecular formula is C14H21N3O2. The number of carboxylic acids is 1. The zero-order valence-corrected chi connectivity index (χ0v) is 11.5. The normalized spacial score (nSPS) is 16.9. The van der Waals surface area contributed by atoms with Gasteiger partial charge in [-0.15, -0.1) is 5.10 Å². The lowest BCUT2D eigenvalue weighted by Crippen LogP contribution is -2.36. The fourth-order valence-corrected chi connectivity index (χ4v) is 2.40. The molecule has 1 N–H and O–H groups in total. The molecule has 0 aliphatic carbocycles. The minimum absolute atomic E-state index is 0.204. The highest BCUT2D eigenvalue weighted by atomic mass is 16.4. The lowest BCUT2D eigenvalue weighted by molar-refractivity contribution is -0.142. The smallest absolute Gasteiger partial charge is 0.306 e. The zero-order chi connectivity index (χ0) is 13.8. The van der Waals surface area contributed by atoms with Crippen molar-refractivity contribution in [3.05, 3.63) is 17.8 Å². The van der Waals surface area contributed by atoms with Gasteiger partial charge in [0.2, 0.25) is 0 Å². The summed E-state index contributed by atoms with van der Waals surface area (Å²) in [6, 6.07) is 4.01. The molecule has 1 saturated heterocycles. The van der Waals surface area contributed by atoms with Crippen LogP contribution in [-0.2, 0) is 11.2 Å². The van der Waals surface area contributed by atoms with Gasteiger partial charge in [0.15, 0.2) is 5.82 Å². The number of rotatable bonds is 4. The van der Waals surface area contributed by atoms with E-state index < -0.39 is 5.97 Å². The molecular weight excluding hydrogens is 242 g/mol. The van der Waals surface area contributed by atoms with Gasteiger partial charge in [0.25, 0.3) is 0 Å². The number of anilines is 1. The molecule has 0 saturated carbocycles. The number of piperidine rings is 1. The molecule has 0 bridgehead atoms. The second-order valence-electron chi connectivity index (χ2n) is 5.58. The van der Waals surface area contributed by atoms with Crippen LogP contribution < -0.4 is 4.90 Å². The Hall–Kier alpha value is -1.65.